The number of aromatic nitrogens is 2. The van der Waals surface area contributed by atoms with E-state index in [1.54, 1.807) is 11.8 Å². The number of amides is 1. The topological polar surface area (TPSA) is 47.4 Å². The lowest BCUT2D eigenvalue weighted by Gasteiger charge is -2.33. The molecule has 1 unspecified atom stereocenters. The zero-order valence-corrected chi connectivity index (χ0v) is 13.8. The van der Waals surface area contributed by atoms with Crippen LogP contribution in [0.3, 0.4) is 0 Å². The first-order chi connectivity index (χ1) is 10.7. The number of hydrogen-bond acceptors (Lipinski definition) is 4. The summed E-state index contributed by atoms with van der Waals surface area (Å²) >= 11 is 1.72. The highest BCUT2D eigenvalue weighted by Crippen LogP contribution is 2.20. The lowest BCUT2D eigenvalue weighted by atomic mass is 10.2. The van der Waals surface area contributed by atoms with E-state index in [9.17, 15) is 4.79 Å². The quantitative estimate of drug-likeness (QED) is 0.866. The molecule has 0 aliphatic carbocycles. The van der Waals surface area contributed by atoms with Gasteiger partial charge in [0.25, 0.3) is 0 Å². The van der Waals surface area contributed by atoms with Gasteiger partial charge in [0, 0.05) is 6.54 Å². The molecule has 1 atom stereocenters. The number of carbonyl (C=O) groups is 1. The van der Waals surface area contributed by atoms with Crippen molar-refractivity contribution in [2.75, 3.05) is 26.0 Å². The summed E-state index contributed by atoms with van der Waals surface area (Å²) in [5.74, 6) is 1.91. The SMILES string of the molecule is CSCc1nc2ccccc2n1CC(=O)N1CCOCC1C. The van der Waals surface area contributed by atoms with Gasteiger partial charge in [-0.25, -0.2) is 4.98 Å². The van der Waals surface area contributed by atoms with Gasteiger partial charge in [0.15, 0.2) is 0 Å². The third-order valence-corrected chi connectivity index (χ3v) is 4.54. The predicted octanol–water partition coefficient (Wildman–Crippen LogP) is 2.15. The molecule has 0 spiro atoms. The maximum Gasteiger partial charge on any atom is 0.242 e. The number of imidazole rings is 1. The molecule has 1 aliphatic rings. The van der Waals surface area contributed by atoms with E-state index in [-0.39, 0.29) is 11.9 Å². The summed E-state index contributed by atoms with van der Waals surface area (Å²) < 4.78 is 7.47. The molecule has 0 saturated carbocycles. The number of carbonyl (C=O) groups excluding carboxylic acids is 1. The number of fused-ring (bicyclic) bond motifs is 1. The molecule has 3 rings (SSSR count). The van der Waals surface area contributed by atoms with Crippen molar-refractivity contribution in [1.29, 1.82) is 0 Å². The number of benzene rings is 1. The molecule has 5 nitrogen and oxygen atoms in total. The lowest BCUT2D eigenvalue weighted by Crippen LogP contribution is -2.48. The average molecular weight is 319 g/mol. The van der Waals surface area contributed by atoms with Gasteiger partial charge in [-0.2, -0.15) is 11.8 Å². The summed E-state index contributed by atoms with van der Waals surface area (Å²) in [6.45, 7) is 4.30. The number of para-hydroxylation sites is 2. The fourth-order valence-electron chi connectivity index (χ4n) is 2.86. The minimum Gasteiger partial charge on any atom is -0.377 e. The first-order valence-electron chi connectivity index (χ1n) is 7.51. The first kappa shape index (κ1) is 15.4. The Morgan fingerprint density at radius 1 is 1.45 bits per heavy atom. The van der Waals surface area contributed by atoms with Crippen LogP contribution in [0.25, 0.3) is 11.0 Å². The van der Waals surface area contributed by atoms with E-state index in [1.807, 2.05) is 36.1 Å². The second kappa shape index (κ2) is 6.71. The number of morpholine rings is 1. The van der Waals surface area contributed by atoms with Crippen LogP contribution in [0.4, 0.5) is 0 Å². The van der Waals surface area contributed by atoms with E-state index in [2.05, 4.69) is 15.8 Å². The van der Waals surface area contributed by atoms with Crippen molar-refractivity contribution >= 4 is 28.7 Å². The van der Waals surface area contributed by atoms with Gasteiger partial charge >= 0.3 is 0 Å². The summed E-state index contributed by atoms with van der Waals surface area (Å²) in [7, 11) is 0. The number of hydrogen-bond donors (Lipinski definition) is 0. The highest BCUT2D eigenvalue weighted by atomic mass is 32.2. The molecule has 6 heteroatoms. The first-order valence-corrected chi connectivity index (χ1v) is 8.90. The predicted molar refractivity (Wildman–Crippen MR) is 88.9 cm³/mol. The van der Waals surface area contributed by atoms with Gasteiger partial charge in [-0.05, 0) is 25.3 Å². The maximum atomic E-state index is 12.7. The van der Waals surface area contributed by atoms with E-state index in [0.29, 0.717) is 26.3 Å². The molecule has 0 bridgehead atoms. The van der Waals surface area contributed by atoms with Crippen molar-refractivity contribution < 1.29 is 9.53 Å². The molecule has 22 heavy (non-hydrogen) atoms. The van der Waals surface area contributed by atoms with Crippen molar-refractivity contribution in [3.05, 3.63) is 30.1 Å². The second-order valence-corrected chi connectivity index (χ2v) is 6.41. The van der Waals surface area contributed by atoms with E-state index in [1.165, 1.54) is 0 Å². The normalized spacial score (nSPS) is 18.8. The zero-order chi connectivity index (χ0) is 15.5. The Morgan fingerprint density at radius 2 is 2.27 bits per heavy atom. The Hall–Kier alpha value is -1.53. The van der Waals surface area contributed by atoms with Crippen LogP contribution in [0.15, 0.2) is 24.3 Å². The molecule has 2 heterocycles. The van der Waals surface area contributed by atoms with Crippen molar-refractivity contribution in [1.82, 2.24) is 14.5 Å². The number of rotatable bonds is 4. The van der Waals surface area contributed by atoms with Crippen LogP contribution in [0.2, 0.25) is 0 Å². The Bertz CT molecular complexity index is 670. The fourth-order valence-corrected chi connectivity index (χ4v) is 3.34. The van der Waals surface area contributed by atoms with Crippen LogP contribution < -0.4 is 0 Å². The molecular formula is C16H21N3O2S. The van der Waals surface area contributed by atoms with Gasteiger partial charge in [0.05, 0.1) is 36.0 Å². The molecule has 0 N–H and O–H groups in total. The van der Waals surface area contributed by atoms with Crippen molar-refractivity contribution in [3.63, 3.8) is 0 Å². The summed E-state index contributed by atoms with van der Waals surface area (Å²) in [4.78, 5) is 19.3. The van der Waals surface area contributed by atoms with Gasteiger partial charge in [0.1, 0.15) is 12.4 Å². The van der Waals surface area contributed by atoms with Crippen LogP contribution in [0.5, 0.6) is 0 Å². The Balaban J connectivity index is 1.88. The summed E-state index contributed by atoms with van der Waals surface area (Å²) in [5, 5.41) is 0. The molecule has 118 valence electrons. The molecule has 1 aliphatic heterocycles. The van der Waals surface area contributed by atoms with Crippen molar-refractivity contribution in [3.8, 4) is 0 Å². The molecule has 2 aromatic rings. The number of thioether (sulfide) groups is 1. The summed E-state index contributed by atoms with van der Waals surface area (Å²) in [6.07, 6.45) is 2.05. The second-order valence-electron chi connectivity index (χ2n) is 5.55. The van der Waals surface area contributed by atoms with Gasteiger partial charge < -0.3 is 14.2 Å². The van der Waals surface area contributed by atoms with Crippen LogP contribution in [0.1, 0.15) is 12.7 Å². The highest BCUT2D eigenvalue weighted by Gasteiger charge is 2.25. The van der Waals surface area contributed by atoms with E-state index >= 15 is 0 Å². The molecule has 0 radical (unpaired) electrons. The number of nitrogens with zero attached hydrogens (tertiary/aromatic N) is 3. The van der Waals surface area contributed by atoms with Crippen molar-refractivity contribution in [2.24, 2.45) is 0 Å². The van der Waals surface area contributed by atoms with Crippen molar-refractivity contribution in [2.45, 2.75) is 25.3 Å². The molecule has 1 fully saturated rings. The van der Waals surface area contributed by atoms with Gasteiger partial charge in [0.2, 0.25) is 5.91 Å². The Labute approximate surface area is 134 Å². The minimum atomic E-state index is 0.139. The van der Waals surface area contributed by atoms with Crippen LogP contribution in [0, 0.1) is 0 Å². The zero-order valence-electron chi connectivity index (χ0n) is 13.0. The third kappa shape index (κ3) is 2.98. The summed E-state index contributed by atoms with van der Waals surface area (Å²) in [5.41, 5.74) is 1.98. The Morgan fingerprint density at radius 3 is 3.05 bits per heavy atom. The van der Waals surface area contributed by atoms with Gasteiger partial charge in [-0.15, -0.1) is 0 Å². The van der Waals surface area contributed by atoms with E-state index in [4.69, 9.17) is 4.74 Å². The van der Waals surface area contributed by atoms with Crippen LogP contribution in [-0.2, 0) is 21.8 Å². The maximum absolute atomic E-state index is 12.7. The fraction of sp³-hybridized carbons (Fsp3) is 0.500. The van der Waals surface area contributed by atoms with Crippen LogP contribution >= 0.6 is 11.8 Å². The lowest BCUT2D eigenvalue weighted by molar-refractivity contribution is -0.139. The minimum absolute atomic E-state index is 0.139. The number of ether oxygens (including phenoxy) is 1. The van der Waals surface area contributed by atoms with E-state index < -0.39 is 0 Å². The smallest absolute Gasteiger partial charge is 0.242 e. The Kier molecular flexibility index (Phi) is 4.69. The average Bonchev–Trinajstić information content (AvgIpc) is 2.86. The van der Waals surface area contributed by atoms with Gasteiger partial charge in [-0.3, -0.25) is 4.79 Å². The molecule has 1 aromatic heterocycles. The molecule has 1 amide bonds. The van der Waals surface area contributed by atoms with Gasteiger partial charge in [-0.1, -0.05) is 12.1 Å². The van der Waals surface area contributed by atoms with Crippen LogP contribution in [-0.4, -0.2) is 52.4 Å². The third-order valence-electron chi connectivity index (χ3n) is 3.99. The monoisotopic (exact) mass is 319 g/mol. The summed E-state index contributed by atoms with van der Waals surface area (Å²) in [6, 6.07) is 8.14. The highest BCUT2D eigenvalue weighted by molar-refractivity contribution is 7.97. The standard InChI is InChI=1S/C16H21N3O2S/c1-12-10-21-8-7-18(12)16(20)9-19-14-6-4-3-5-13(14)17-15(19)11-22-2/h3-6,12H,7-11H2,1-2H3. The van der Waals surface area contributed by atoms with E-state index in [0.717, 1.165) is 22.6 Å². The molecule has 1 aromatic carbocycles. The molecule has 1 saturated heterocycles. The molecular weight excluding hydrogens is 298 g/mol. The largest absolute Gasteiger partial charge is 0.377 e.